The van der Waals surface area contributed by atoms with Gasteiger partial charge in [-0.25, -0.2) is 0 Å². The Morgan fingerprint density at radius 3 is 2.48 bits per heavy atom. The summed E-state index contributed by atoms with van der Waals surface area (Å²) >= 11 is 0. The van der Waals surface area contributed by atoms with E-state index in [0.29, 0.717) is 6.42 Å². The van der Waals surface area contributed by atoms with Gasteiger partial charge in [-0.05, 0) is 35.8 Å². The lowest BCUT2D eigenvalue weighted by molar-refractivity contribution is -0.150. The van der Waals surface area contributed by atoms with Gasteiger partial charge in [0.2, 0.25) is 0 Å². The van der Waals surface area contributed by atoms with E-state index in [2.05, 4.69) is 52.0 Å². The average Bonchev–Trinajstić information content (AvgIpc) is 2.43. The van der Waals surface area contributed by atoms with Crippen molar-refractivity contribution in [3.63, 3.8) is 0 Å². The number of unbranched alkanes of at least 4 members (excludes halogenated alkanes) is 1. The Bertz CT molecular complexity index is 443. The van der Waals surface area contributed by atoms with Gasteiger partial charge in [-0.3, -0.25) is 4.79 Å². The number of esters is 1. The summed E-state index contributed by atoms with van der Waals surface area (Å²) < 4.78 is 5.71. The van der Waals surface area contributed by atoms with Crippen LogP contribution >= 0.6 is 0 Å². The lowest BCUT2D eigenvalue weighted by Crippen LogP contribution is -2.14. The molecule has 0 heterocycles. The second-order valence-corrected chi connectivity index (χ2v) is 6.75. The van der Waals surface area contributed by atoms with Gasteiger partial charge in [0.05, 0.1) is 0 Å². The van der Waals surface area contributed by atoms with E-state index < -0.39 is 0 Å². The van der Waals surface area contributed by atoms with Crippen LogP contribution in [0.1, 0.15) is 84.0 Å². The Morgan fingerprint density at radius 1 is 1.19 bits per heavy atom. The zero-order valence-corrected chi connectivity index (χ0v) is 14.2. The number of benzene rings is 1. The minimum atomic E-state index is -0.105. The van der Waals surface area contributed by atoms with E-state index in [1.54, 1.807) is 0 Å². The molecule has 0 aromatic heterocycles. The molecule has 1 atom stereocenters. The maximum absolute atomic E-state index is 11.8. The van der Waals surface area contributed by atoms with E-state index in [0.717, 1.165) is 31.2 Å². The molecule has 21 heavy (non-hydrogen) atoms. The first kappa shape index (κ1) is 17.7. The second-order valence-electron chi connectivity index (χ2n) is 6.75. The van der Waals surface area contributed by atoms with E-state index in [9.17, 15) is 4.79 Å². The Kier molecular flexibility index (Phi) is 6.94. The van der Waals surface area contributed by atoms with Gasteiger partial charge in [0.25, 0.3) is 0 Å². The first-order chi connectivity index (χ1) is 9.88. The predicted octanol–water partition coefficient (Wildman–Crippen LogP) is 5.56. The molecule has 1 rings (SSSR count). The van der Waals surface area contributed by atoms with E-state index in [1.165, 1.54) is 5.56 Å². The summed E-state index contributed by atoms with van der Waals surface area (Å²) in [6, 6.07) is 8.49. The molecule has 0 aliphatic carbocycles. The molecule has 0 fully saturated rings. The third-order valence-electron chi connectivity index (χ3n) is 3.67. The van der Waals surface area contributed by atoms with Gasteiger partial charge in [0.15, 0.2) is 0 Å². The molecule has 0 amide bonds. The topological polar surface area (TPSA) is 26.3 Å². The first-order valence-electron chi connectivity index (χ1n) is 8.18. The zero-order valence-electron chi connectivity index (χ0n) is 14.2. The Hall–Kier alpha value is -1.31. The fourth-order valence-electron chi connectivity index (χ4n) is 2.31. The standard InChI is InChI=1S/C19H30O2/c1-6-8-13-17(21-18(20)10-7-2)15-11-9-12-16(14-15)19(3,4)5/h9,11-12,14,17H,6-8,10,13H2,1-5H3. The quantitative estimate of drug-likeness (QED) is 0.615. The summed E-state index contributed by atoms with van der Waals surface area (Å²) in [5.41, 5.74) is 2.52. The molecule has 0 aliphatic heterocycles. The van der Waals surface area contributed by atoms with Crippen molar-refractivity contribution in [3.05, 3.63) is 35.4 Å². The van der Waals surface area contributed by atoms with Crippen LogP contribution in [-0.4, -0.2) is 5.97 Å². The monoisotopic (exact) mass is 290 g/mol. The number of carbonyl (C=O) groups is 1. The van der Waals surface area contributed by atoms with Gasteiger partial charge < -0.3 is 4.74 Å². The fraction of sp³-hybridized carbons (Fsp3) is 0.632. The van der Waals surface area contributed by atoms with Gasteiger partial charge in [0, 0.05) is 6.42 Å². The highest BCUT2D eigenvalue weighted by Gasteiger charge is 2.19. The van der Waals surface area contributed by atoms with Crippen LogP contribution in [0.3, 0.4) is 0 Å². The van der Waals surface area contributed by atoms with Crippen molar-refractivity contribution in [3.8, 4) is 0 Å². The molecule has 0 spiro atoms. The molecule has 0 saturated carbocycles. The highest BCUT2D eigenvalue weighted by Crippen LogP contribution is 2.29. The van der Waals surface area contributed by atoms with Crippen LogP contribution in [0.4, 0.5) is 0 Å². The smallest absolute Gasteiger partial charge is 0.306 e. The van der Waals surface area contributed by atoms with E-state index >= 15 is 0 Å². The van der Waals surface area contributed by atoms with Gasteiger partial charge in [-0.2, -0.15) is 0 Å². The summed E-state index contributed by atoms with van der Waals surface area (Å²) in [5, 5.41) is 0. The molecule has 118 valence electrons. The minimum Gasteiger partial charge on any atom is -0.457 e. The van der Waals surface area contributed by atoms with Gasteiger partial charge in [-0.1, -0.05) is 65.3 Å². The van der Waals surface area contributed by atoms with Crippen molar-refractivity contribution in [1.29, 1.82) is 0 Å². The van der Waals surface area contributed by atoms with Crippen molar-refractivity contribution in [2.24, 2.45) is 0 Å². The van der Waals surface area contributed by atoms with Crippen molar-refractivity contribution < 1.29 is 9.53 Å². The van der Waals surface area contributed by atoms with Crippen molar-refractivity contribution in [2.75, 3.05) is 0 Å². The van der Waals surface area contributed by atoms with Gasteiger partial charge >= 0.3 is 5.97 Å². The molecular formula is C19H30O2. The predicted molar refractivity (Wildman–Crippen MR) is 88.4 cm³/mol. The molecule has 0 radical (unpaired) electrons. The van der Waals surface area contributed by atoms with Crippen LogP contribution in [0.2, 0.25) is 0 Å². The molecule has 2 heteroatoms. The third kappa shape index (κ3) is 5.91. The Morgan fingerprint density at radius 2 is 1.90 bits per heavy atom. The second kappa shape index (κ2) is 8.21. The Labute approximate surface area is 129 Å². The summed E-state index contributed by atoms with van der Waals surface area (Å²) in [5.74, 6) is -0.0836. The largest absolute Gasteiger partial charge is 0.457 e. The molecule has 0 saturated heterocycles. The fourth-order valence-corrected chi connectivity index (χ4v) is 2.31. The average molecular weight is 290 g/mol. The molecule has 2 nitrogen and oxygen atoms in total. The maximum Gasteiger partial charge on any atom is 0.306 e. The molecule has 1 unspecified atom stereocenters. The molecule has 1 aromatic rings. The molecule has 0 aliphatic rings. The van der Waals surface area contributed by atoms with E-state index in [4.69, 9.17) is 4.74 Å². The molecular weight excluding hydrogens is 260 g/mol. The van der Waals surface area contributed by atoms with Gasteiger partial charge in [-0.15, -0.1) is 0 Å². The summed E-state index contributed by atoms with van der Waals surface area (Å²) in [4.78, 5) is 11.8. The SMILES string of the molecule is CCCCC(OC(=O)CCC)c1cccc(C(C)(C)C)c1. The summed E-state index contributed by atoms with van der Waals surface area (Å²) in [7, 11) is 0. The number of rotatable bonds is 7. The summed E-state index contributed by atoms with van der Waals surface area (Å²) in [6.45, 7) is 10.8. The minimum absolute atomic E-state index is 0.0836. The van der Waals surface area contributed by atoms with Crippen LogP contribution in [-0.2, 0) is 14.9 Å². The number of hydrogen-bond donors (Lipinski definition) is 0. The van der Waals surface area contributed by atoms with Crippen molar-refractivity contribution in [1.82, 2.24) is 0 Å². The van der Waals surface area contributed by atoms with Gasteiger partial charge in [0.1, 0.15) is 6.10 Å². The lowest BCUT2D eigenvalue weighted by atomic mass is 9.85. The highest BCUT2D eigenvalue weighted by molar-refractivity contribution is 5.69. The first-order valence-corrected chi connectivity index (χ1v) is 8.18. The number of hydrogen-bond acceptors (Lipinski definition) is 2. The number of carbonyl (C=O) groups excluding carboxylic acids is 1. The maximum atomic E-state index is 11.8. The van der Waals surface area contributed by atoms with Crippen molar-refractivity contribution >= 4 is 5.97 Å². The highest BCUT2D eigenvalue weighted by atomic mass is 16.5. The normalized spacial score (nSPS) is 13.0. The lowest BCUT2D eigenvalue weighted by Gasteiger charge is -2.23. The van der Waals surface area contributed by atoms with Crippen LogP contribution in [0.25, 0.3) is 0 Å². The van der Waals surface area contributed by atoms with Crippen LogP contribution in [0, 0.1) is 0 Å². The van der Waals surface area contributed by atoms with E-state index in [-0.39, 0.29) is 17.5 Å². The zero-order chi connectivity index (χ0) is 15.9. The number of ether oxygens (including phenoxy) is 1. The Balaban J connectivity index is 2.94. The third-order valence-corrected chi connectivity index (χ3v) is 3.67. The van der Waals surface area contributed by atoms with Crippen LogP contribution in [0.15, 0.2) is 24.3 Å². The molecule has 0 N–H and O–H groups in total. The van der Waals surface area contributed by atoms with Crippen LogP contribution in [0.5, 0.6) is 0 Å². The van der Waals surface area contributed by atoms with Crippen LogP contribution < -0.4 is 0 Å². The molecule has 1 aromatic carbocycles. The summed E-state index contributed by atoms with van der Waals surface area (Å²) in [6.07, 6.45) is 4.32. The van der Waals surface area contributed by atoms with Crippen molar-refractivity contribution in [2.45, 2.75) is 78.2 Å². The molecule has 0 bridgehead atoms. The van der Waals surface area contributed by atoms with E-state index in [1.807, 2.05) is 6.92 Å².